The van der Waals surface area contributed by atoms with Crippen molar-refractivity contribution < 1.29 is 0 Å². The number of benzene rings is 1. The van der Waals surface area contributed by atoms with Crippen LogP contribution in [0.25, 0.3) is 0 Å². The predicted molar refractivity (Wildman–Crippen MR) is 116 cm³/mol. The van der Waals surface area contributed by atoms with E-state index in [9.17, 15) is 0 Å². The largest absolute Gasteiger partial charge is 0.356 e. The van der Waals surface area contributed by atoms with Crippen LogP contribution in [0.1, 0.15) is 23.6 Å². The van der Waals surface area contributed by atoms with E-state index in [1.54, 1.807) is 0 Å². The van der Waals surface area contributed by atoms with Gasteiger partial charge in [-0.3, -0.25) is 4.99 Å². The van der Waals surface area contributed by atoms with Crippen molar-refractivity contribution in [2.24, 2.45) is 18.0 Å². The van der Waals surface area contributed by atoms with Crippen LogP contribution in [0.4, 0.5) is 0 Å². The fraction of sp³-hybridized carbons (Fsp3) is 0.421. The lowest BCUT2D eigenvalue weighted by Gasteiger charge is -2.22. The SMILES string of the molecule is CN=C(NCC1CC1c1ccccc1)N(C)Cc1cc(Cl)cn1C.I. The molecule has 0 amide bonds. The van der Waals surface area contributed by atoms with Crippen molar-refractivity contribution in [3.63, 3.8) is 0 Å². The third-order valence-corrected chi connectivity index (χ3v) is 4.93. The molecule has 2 atom stereocenters. The smallest absolute Gasteiger partial charge is 0.193 e. The molecular weight excluding hydrogens is 447 g/mol. The van der Waals surface area contributed by atoms with E-state index in [1.165, 1.54) is 17.7 Å². The van der Waals surface area contributed by atoms with E-state index < -0.39 is 0 Å². The highest BCUT2D eigenvalue weighted by Crippen LogP contribution is 2.46. The molecule has 1 aliphatic rings. The third kappa shape index (κ3) is 5.14. The van der Waals surface area contributed by atoms with Crippen molar-refractivity contribution in [1.29, 1.82) is 0 Å². The summed E-state index contributed by atoms with van der Waals surface area (Å²) in [6.45, 7) is 1.74. The fourth-order valence-corrected chi connectivity index (χ4v) is 3.50. The van der Waals surface area contributed by atoms with Gasteiger partial charge in [-0.1, -0.05) is 41.9 Å². The van der Waals surface area contributed by atoms with Crippen molar-refractivity contribution in [3.05, 3.63) is 58.9 Å². The summed E-state index contributed by atoms with van der Waals surface area (Å²) < 4.78 is 2.05. The van der Waals surface area contributed by atoms with E-state index >= 15 is 0 Å². The number of aromatic nitrogens is 1. The molecule has 25 heavy (non-hydrogen) atoms. The Morgan fingerprint density at radius 1 is 1.36 bits per heavy atom. The van der Waals surface area contributed by atoms with Gasteiger partial charge in [-0.25, -0.2) is 0 Å². The summed E-state index contributed by atoms with van der Waals surface area (Å²) >= 11 is 6.06. The molecule has 1 N–H and O–H groups in total. The van der Waals surface area contributed by atoms with Gasteiger partial charge in [0.15, 0.2) is 5.96 Å². The van der Waals surface area contributed by atoms with Crippen LogP contribution in [0, 0.1) is 5.92 Å². The molecular formula is C19H26ClIN4. The maximum atomic E-state index is 6.06. The Balaban J connectivity index is 0.00000225. The number of rotatable bonds is 5. The van der Waals surface area contributed by atoms with E-state index in [1.807, 2.05) is 26.4 Å². The predicted octanol–water partition coefficient (Wildman–Crippen LogP) is 4.11. The van der Waals surface area contributed by atoms with Crippen LogP contribution < -0.4 is 5.32 Å². The van der Waals surface area contributed by atoms with Gasteiger partial charge in [-0.15, -0.1) is 24.0 Å². The molecule has 2 aromatic rings. The van der Waals surface area contributed by atoms with Gasteiger partial charge in [0.1, 0.15) is 0 Å². The first-order valence-electron chi connectivity index (χ1n) is 8.36. The summed E-state index contributed by atoms with van der Waals surface area (Å²) in [5.74, 6) is 2.31. The molecule has 0 spiro atoms. The lowest BCUT2D eigenvalue weighted by Crippen LogP contribution is -2.39. The van der Waals surface area contributed by atoms with Gasteiger partial charge in [0.25, 0.3) is 0 Å². The Bertz CT molecular complexity index is 713. The molecule has 4 nitrogen and oxygen atoms in total. The Labute approximate surface area is 172 Å². The van der Waals surface area contributed by atoms with Gasteiger partial charge >= 0.3 is 0 Å². The van der Waals surface area contributed by atoms with Gasteiger partial charge in [0.05, 0.1) is 11.6 Å². The molecule has 3 rings (SSSR count). The molecule has 6 heteroatoms. The first-order chi connectivity index (χ1) is 11.6. The quantitative estimate of drug-likeness (QED) is 0.404. The van der Waals surface area contributed by atoms with Crippen LogP contribution in [-0.4, -0.2) is 36.1 Å². The van der Waals surface area contributed by atoms with E-state index in [2.05, 4.69) is 57.2 Å². The van der Waals surface area contributed by atoms with Crippen molar-refractivity contribution in [1.82, 2.24) is 14.8 Å². The number of aliphatic imine (C=N–C) groups is 1. The van der Waals surface area contributed by atoms with Crippen molar-refractivity contribution in [2.75, 3.05) is 20.6 Å². The Morgan fingerprint density at radius 3 is 2.68 bits per heavy atom. The van der Waals surface area contributed by atoms with Crippen LogP contribution in [0.5, 0.6) is 0 Å². The molecule has 1 aromatic carbocycles. The maximum absolute atomic E-state index is 6.06. The molecule has 0 bridgehead atoms. The minimum Gasteiger partial charge on any atom is -0.356 e. The normalized spacial score (nSPS) is 19.3. The lowest BCUT2D eigenvalue weighted by molar-refractivity contribution is 0.459. The fourth-order valence-electron chi connectivity index (χ4n) is 3.23. The average Bonchev–Trinajstić information content (AvgIpc) is 3.28. The zero-order valence-electron chi connectivity index (χ0n) is 14.9. The number of halogens is 2. The second-order valence-corrected chi connectivity index (χ2v) is 6.99. The summed E-state index contributed by atoms with van der Waals surface area (Å²) in [6, 6.07) is 12.8. The molecule has 1 aliphatic carbocycles. The molecule has 1 heterocycles. The maximum Gasteiger partial charge on any atom is 0.193 e. The molecule has 2 unspecified atom stereocenters. The van der Waals surface area contributed by atoms with Crippen LogP contribution in [0.3, 0.4) is 0 Å². The summed E-state index contributed by atoms with van der Waals surface area (Å²) in [7, 11) is 5.90. The molecule has 0 radical (unpaired) electrons. The number of hydrogen-bond acceptors (Lipinski definition) is 1. The molecule has 1 fully saturated rings. The molecule has 1 aromatic heterocycles. The van der Waals surface area contributed by atoms with Gasteiger partial charge in [0, 0.05) is 39.6 Å². The van der Waals surface area contributed by atoms with E-state index in [0.29, 0.717) is 11.8 Å². The monoisotopic (exact) mass is 472 g/mol. The van der Waals surface area contributed by atoms with Gasteiger partial charge in [-0.2, -0.15) is 0 Å². The zero-order valence-corrected chi connectivity index (χ0v) is 18.0. The third-order valence-electron chi connectivity index (χ3n) is 4.72. The lowest BCUT2D eigenvalue weighted by atomic mass is 10.1. The van der Waals surface area contributed by atoms with E-state index in [0.717, 1.165) is 24.1 Å². The van der Waals surface area contributed by atoms with Gasteiger partial charge < -0.3 is 14.8 Å². The summed E-state index contributed by atoms with van der Waals surface area (Å²) in [6.07, 6.45) is 3.18. The summed E-state index contributed by atoms with van der Waals surface area (Å²) in [5, 5.41) is 4.28. The standard InChI is InChI=1S/C19H25ClN4.HI/c1-21-19(24(3)13-17-10-16(20)12-23(17)2)22-11-15-9-18(15)14-7-5-4-6-8-14;/h4-8,10,12,15,18H,9,11,13H2,1-3H3,(H,21,22);1H. The number of guanidine groups is 1. The minimum absolute atomic E-state index is 0. The molecule has 136 valence electrons. The van der Waals surface area contributed by atoms with Crippen LogP contribution >= 0.6 is 35.6 Å². The first-order valence-corrected chi connectivity index (χ1v) is 8.73. The Morgan fingerprint density at radius 2 is 2.08 bits per heavy atom. The minimum atomic E-state index is 0. The van der Waals surface area contributed by atoms with Crippen molar-refractivity contribution in [2.45, 2.75) is 18.9 Å². The van der Waals surface area contributed by atoms with Crippen molar-refractivity contribution >= 4 is 41.5 Å². The first kappa shape index (κ1) is 20.1. The van der Waals surface area contributed by atoms with E-state index in [4.69, 9.17) is 11.6 Å². The summed E-state index contributed by atoms with van der Waals surface area (Å²) in [5.41, 5.74) is 2.62. The number of hydrogen-bond donors (Lipinski definition) is 1. The number of nitrogens with zero attached hydrogens (tertiary/aromatic N) is 3. The highest BCUT2D eigenvalue weighted by Gasteiger charge is 2.37. The number of aryl methyl sites for hydroxylation is 1. The Hall–Kier alpha value is -1.21. The van der Waals surface area contributed by atoms with E-state index in [-0.39, 0.29) is 24.0 Å². The molecule has 1 saturated carbocycles. The van der Waals surface area contributed by atoms with Crippen molar-refractivity contribution in [3.8, 4) is 0 Å². The Kier molecular flexibility index (Phi) is 7.19. The van der Waals surface area contributed by atoms with Crippen LogP contribution in [-0.2, 0) is 13.6 Å². The zero-order chi connectivity index (χ0) is 17.1. The number of nitrogens with one attached hydrogen (secondary N) is 1. The highest BCUT2D eigenvalue weighted by atomic mass is 127. The average molecular weight is 473 g/mol. The second-order valence-electron chi connectivity index (χ2n) is 6.56. The van der Waals surface area contributed by atoms with Gasteiger partial charge in [-0.05, 0) is 29.9 Å². The second kappa shape index (κ2) is 8.94. The van der Waals surface area contributed by atoms with Crippen LogP contribution in [0.2, 0.25) is 5.02 Å². The molecule has 0 aliphatic heterocycles. The molecule has 0 saturated heterocycles. The van der Waals surface area contributed by atoms with Gasteiger partial charge in [0.2, 0.25) is 0 Å². The van der Waals surface area contributed by atoms with Crippen LogP contribution in [0.15, 0.2) is 47.6 Å². The highest BCUT2D eigenvalue weighted by molar-refractivity contribution is 14.0. The summed E-state index contributed by atoms with van der Waals surface area (Å²) in [4.78, 5) is 6.54. The topological polar surface area (TPSA) is 32.6 Å².